The van der Waals surface area contributed by atoms with E-state index in [2.05, 4.69) is 14.7 Å². The van der Waals surface area contributed by atoms with Crippen LogP contribution in [-0.2, 0) is 22.2 Å². The van der Waals surface area contributed by atoms with Gasteiger partial charge < -0.3 is 0 Å². The quantitative estimate of drug-likeness (QED) is 0.674. The van der Waals surface area contributed by atoms with Crippen LogP contribution >= 0.6 is 0 Å². The summed E-state index contributed by atoms with van der Waals surface area (Å²) in [6.45, 7) is 0.104. The van der Waals surface area contributed by atoms with Gasteiger partial charge in [0.15, 0.2) is 5.82 Å². The first-order chi connectivity index (χ1) is 12.9. The Hall–Kier alpha value is -2.71. The summed E-state index contributed by atoms with van der Waals surface area (Å²) in [5, 5.41) is 0. The Morgan fingerprint density at radius 3 is 2.37 bits per heavy atom. The smallest absolute Gasteiger partial charge is 0.215 e. The van der Waals surface area contributed by atoms with Crippen molar-refractivity contribution in [3.05, 3.63) is 83.7 Å². The Morgan fingerprint density at radius 1 is 0.963 bits per heavy atom. The molecule has 0 aliphatic heterocycles. The van der Waals surface area contributed by atoms with Gasteiger partial charge in [0.25, 0.3) is 0 Å². The third-order valence-corrected chi connectivity index (χ3v) is 5.16. The highest BCUT2D eigenvalue weighted by Gasteiger charge is 2.15. The van der Waals surface area contributed by atoms with Crippen LogP contribution in [0.5, 0.6) is 0 Å². The van der Waals surface area contributed by atoms with E-state index >= 15 is 0 Å². The maximum Gasteiger partial charge on any atom is 0.215 e. The Morgan fingerprint density at radius 2 is 1.67 bits per heavy atom. The topological polar surface area (TPSA) is 72.0 Å². The van der Waals surface area contributed by atoms with Gasteiger partial charge in [0.05, 0.1) is 5.75 Å². The van der Waals surface area contributed by atoms with E-state index in [0.717, 1.165) is 29.3 Å². The van der Waals surface area contributed by atoms with Crippen molar-refractivity contribution in [2.75, 3.05) is 6.54 Å². The molecule has 0 saturated carbocycles. The zero-order valence-corrected chi connectivity index (χ0v) is 15.1. The van der Waals surface area contributed by atoms with Gasteiger partial charge in [-0.25, -0.2) is 31.9 Å². The molecule has 1 heterocycles. The Labute approximate surface area is 156 Å². The third-order valence-electron chi connectivity index (χ3n) is 3.83. The first-order valence-electron chi connectivity index (χ1n) is 8.20. The SMILES string of the molecule is O=S(=O)(Cc1cc(F)ccc1F)NCCc1cnc(-c2ccccc2)nc1. The van der Waals surface area contributed by atoms with Crippen molar-refractivity contribution in [2.45, 2.75) is 12.2 Å². The van der Waals surface area contributed by atoms with Crippen LogP contribution in [0.2, 0.25) is 0 Å². The van der Waals surface area contributed by atoms with E-state index < -0.39 is 27.4 Å². The predicted molar refractivity (Wildman–Crippen MR) is 98.2 cm³/mol. The molecule has 0 unspecified atom stereocenters. The number of hydrogen-bond donors (Lipinski definition) is 1. The van der Waals surface area contributed by atoms with E-state index in [1.807, 2.05) is 30.3 Å². The van der Waals surface area contributed by atoms with Gasteiger partial charge in [0.1, 0.15) is 11.6 Å². The number of aromatic nitrogens is 2. The molecule has 5 nitrogen and oxygen atoms in total. The number of halogens is 2. The Kier molecular flexibility index (Phi) is 5.88. The van der Waals surface area contributed by atoms with Gasteiger partial charge in [-0.05, 0) is 30.2 Å². The van der Waals surface area contributed by atoms with Crippen LogP contribution in [-0.4, -0.2) is 24.9 Å². The summed E-state index contributed by atoms with van der Waals surface area (Å²) in [6.07, 6.45) is 3.64. The predicted octanol–water partition coefficient (Wildman–Crippen LogP) is 3.08. The minimum absolute atomic E-state index is 0.104. The lowest BCUT2D eigenvalue weighted by molar-refractivity contribution is 0.570. The summed E-state index contributed by atoms with van der Waals surface area (Å²) in [4.78, 5) is 8.55. The molecular formula is C19H17F2N3O2S. The average Bonchev–Trinajstić information content (AvgIpc) is 2.66. The van der Waals surface area contributed by atoms with Crippen LogP contribution in [0, 0.1) is 11.6 Å². The van der Waals surface area contributed by atoms with Crippen LogP contribution in [0.3, 0.4) is 0 Å². The fourth-order valence-electron chi connectivity index (χ4n) is 2.48. The zero-order chi connectivity index (χ0) is 19.3. The molecule has 0 spiro atoms. The van der Waals surface area contributed by atoms with Crippen molar-refractivity contribution >= 4 is 10.0 Å². The highest BCUT2D eigenvalue weighted by molar-refractivity contribution is 7.88. The molecule has 0 saturated heterocycles. The largest absolute Gasteiger partial charge is 0.236 e. The standard InChI is InChI=1S/C19H17F2N3O2S/c20-17-6-7-18(21)16(10-17)13-27(25,26)24-9-8-14-11-22-19(23-12-14)15-4-2-1-3-5-15/h1-7,10-12,24H,8-9,13H2. The monoisotopic (exact) mass is 389 g/mol. The molecule has 0 aliphatic carbocycles. The molecular weight excluding hydrogens is 372 g/mol. The average molecular weight is 389 g/mol. The van der Waals surface area contributed by atoms with E-state index in [9.17, 15) is 17.2 Å². The summed E-state index contributed by atoms with van der Waals surface area (Å²) in [7, 11) is -3.79. The molecule has 0 atom stereocenters. The Balaban J connectivity index is 1.56. The molecule has 0 aliphatic rings. The van der Waals surface area contributed by atoms with E-state index in [1.54, 1.807) is 12.4 Å². The van der Waals surface area contributed by atoms with Crippen LogP contribution in [0.1, 0.15) is 11.1 Å². The first kappa shape index (κ1) is 19.1. The molecule has 1 aromatic heterocycles. The lowest BCUT2D eigenvalue weighted by atomic mass is 10.2. The Bertz CT molecular complexity index is 1010. The van der Waals surface area contributed by atoms with Crippen LogP contribution < -0.4 is 4.72 Å². The summed E-state index contributed by atoms with van der Waals surface area (Å²) < 4.78 is 53.2. The van der Waals surface area contributed by atoms with Crippen molar-refractivity contribution < 1.29 is 17.2 Å². The van der Waals surface area contributed by atoms with Gasteiger partial charge >= 0.3 is 0 Å². The minimum Gasteiger partial charge on any atom is -0.236 e. The van der Waals surface area contributed by atoms with Gasteiger partial charge in [0, 0.05) is 30.1 Å². The molecule has 0 amide bonds. The zero-order valence-electron chi connectivity index (χ0n) is 14.3. The van der Waals surface area contributed by atoms with Crippen molar-refractivity contribution in [3.63, 3.8) is 0 Å². The van der Waals surface area contributed by atoms with Gasteiger partial charge in [0.2, 0.25) is 10.0 Å². The molecule has 3 aromatic rings. The molecule has 140 valence electrons. The van der Waals surface area contributed by atoms with Crippen LogP contribution in [0.25, 0.3) is 11.4 Å². The number of rotatable bonds is 7. The van der Waals surface area contributed by atoms with E-state index in [1.165, 1.54) is 0 Å². The fraction of sp³-hybridized carbons (Fsp3) is 0.158. The molecule has 8 heteroatoms. The molecule has 0 bridgehead atoms. The van der Waals surface area contributed by atoms with Crippen LogP contribution in [0.15, 0.2) is 60.9 Å². The summed E-state index contributed by atoms with van der Waals surface area (Å²) in [5.74, 6) is -1.48. The van der Waals surface area contributed by atoms with Gasteiger partial charge in [-0.3, -0.25) is 0 Å². The molecule has 3 rings (SSSR count). The summed E-state index contributed by atoms with van der Waals surface area (Å²) in [5.41, 5.74) is 1.44. The maximum atomic E-state index is 13.6. The van der Waals surface area contributed by atoms with E-state index in [-0.39, 0.29) is 12.1 Å². The number of benzene rings is 2. The van der Waals surface area contributed by atoms with E-state index in [0.29, 0.717) is 12.2 Å². The van der Waals surface area contributed by atoms with E-state index in [4.69, 9.17) is 0 Å². The van der Waals surface area contributed by atoms with Crippen molar-refractivity contribution in [1.29, 1.82) is 0 Å². The molecule has 0 fully saturated rings. The number of nitrogens with zero attached hydrogens (tertiary/aromatic N) is 2. The second-order valence-corrected chi connectivity index (χ2v) is 7.73. The lowest BCUT2D eigenvalue weighted by Gasteiger charge is -2.08. The molecule has 0 radical (unpaired) electrons. The summed E-state index contributed by atoms with van der Waals surface area (Å²) >= 11 is 0. The maximum absolute atomic E-state index is 13.6. The molecule has 27 heavy (non-hydrogen) atoms. The lowest BCUT2D eigenvalue weighted by Crippen LogP contribution is -2.27. The van der Waals surface area contributed by atoms with Gasteiger partial charge in [-0.1, -0.05) is 30.3 Å². The fourth-order valence-corrected chi connectivity index (χ4v) is 3.63. The third kappa shape index (κ3) is 5.38. The minimum atomic E-state index is -3.79. The number of hydrogen-bond acceptors (Lipinski definition) is 4. The first-order valence-corrected chi connectivity index (χ1v) is 9.86. The number of nitrogens with one attached hydrogen (secondary N) is 1. The molecule has 1 N–H and O–H groups in total. The van der Waals surface area contributed by atoms with Crippen LogP contribution in [0.4, 0.5) is 8.78 Å². The summed E-state index contributed by atoms with van der Waals surface area (Å²) in [6, 6.07) is 12.2. The molecule has 2 aromatic carbocycles. The number of sulfonamides is 1. The second kappa shape index (κ2) is 8.32. The van der Waals surface area contributed by atoms with Gasteiger partial charge in [-0.15, -0.1) is 0 Å². The van der Waals surface area contributed by atoms with Gasteiger partial charge in [-0.2, -0.15) is 0 Å². The van der Waals surface area contributed by atoms with Crippen molar-refractivity contribution in [3.8, 4) is 11.4 Å². The van der Waals surface area contributed by atoms with Crippen molar-refractivity contribution in [1.82, 2.24) is 14.7 Å². The van der Waals surface area contributed by atoms with Crippen molar-refractivity contribution in [2.24, 2.45) is 0 Å². The second-order valence-electron chi connectivity index (χ2n) is 5.92. The highest BCUT2D eigenvalue weighted by atomic mass is 32.2. The normalized spacial score (nSPS) is 11.5. The highest BCUT2D eigenvalue weighted by Crippen LogP contribution is 2.14.